The van der Waals surface area contributed by atoms with Gasteiger partial charge in [-0.25, -0.2) is 8.42 Å². The van der Waals surface area contributed by atoms with E-state index in [-0.39, 0.29) is 17.3 Å². The third kappa shape index (κ3) is 7.20. The van der Waals surface area contributed by atoms with Crippen LogP contribution in [0.4, 0.5) is 5.69 Å². The van der Waals surface area contributed by atoms with Crippen molar-refractivity contribution in [1.82, 2.24) is 10.2 Å². The Bertz CT molecular complexity index is 1050. The van der Waals surface area contributed by atoms with E-state index in [0.717, 1.165) is 35.9 Å². The van der Waals surface area contributed by atoms with Crippen LogP contribution >= 0.6 is 15.9 Å². The second-order valence-electron chi connectivity index (χ2n) is 8.60. The van der Waals surface area contributed by atoms with Crippen LogP contribution < -0.4 is 14.4 Å². The number of carbonyl (C=O) groups is 1. The van der Waals surface area contributed by atoms with Crippen LogP contribution in [-0.4, -0.2) is 59.1 Å². The summed E-state index contributed by atoms with van der Waals surface area (Å²) in [6.07, 6.45) is 5.89. The summed E-state index contributed by atoms with van der Waals surface area (Å²) in [5, 5.41) is 2.90. The zero-order chi connectivity index (χ0) is 24.6. The Morgan fingerprint density at radius 3 is 2.38 bits per heavy atom. The normalized spacial score (nSPS) is 14.9. The van der Waals surface area contributed by atoms with Gasteiger partial charge in [0.15, 0.2) is 0 Å². The molecule has 3 rings (SSSR count). The van der Waals surface area contributed by atoms with Crippen LogP contribution in [0.1, 0.15) is 37.7 Å². The minimum absolute atomic E-state index is 0.0784. The highest BCUT2D eigenvalue weighted by atomic mass is 79.9. The van der Waals surface area contributed by atoms with Gasteiger partial charge in [0, 0.05) is 6.54 Å². The van der Waals surface area contributed by atoms with Gasteiger partial charge < -0.3 is 15.0 Å². The van der Waals surface area contributed by atoms with Crippen LogP contribution in [0.3, 0.4) is 0 Å². The zero-order valence-corrected chi connectivity index (χ0v) is 22.3. The molecule has 2 aromatic rings. The van der Waals surface area contributed by atoms with Gasteiger partial charge in [0.05, 0.1) is 22.2 Å². The number of benzene rings is 2. The number of carbonyl (C=O) groups excluding carboxylic acids is 1. The first-order valence-electron chi connectivity index (χ1n) is 11.7. The fourth-order valence-electron chi connectivity index (χ4n) is 4.04. The topological polar surface area (TPSA) is 79.0 Å². The monoisotopic (exact) mass is 551 g/mol. The Labute approximate surface area is 211 Å². The number of aryl methyl sites for hydroxylation is 1. The minimum Gasteiger partial charge on any atom is -0.496 e. The predicted molar refractivity (Wildman–Crippen MR) is 139 cm³/mol. The van der Waals surface area contributed by atoms with E-state index in [4.69, 9.17) is 4.74 Å². The predicted octanol–water partition coefficient (Wildman–Crippen LogP) is 4.34. The van der Waals surface area contributed by atoms with Crippen molar-refractivity contribution >= 4 is 37.5 Å². The summed E-state index contributed by atoms with van der Waals surface area (Å²) in [5.41, 5.74) is 1.45. The fourth-order valence-corrected chi connectivity index (χ4v) is 6.18. The summed E-state index contributed by atoms with van der Waals surface area (Å²) in [5.74, 6) is 0.204. The third-order valence-corrected chi connectivity index (χ3v) is 8.38. The van der Waals surface area contributed by atoms with Crippen molar-refractivity contribution in [1.29, 1.82) is 0 Å². The van der Waals surface area contributed by atoms with E-state index in [9.17, 15) is 13.2 Å². The molecule has 186 valence electrons. The molecule has 2 aromatic carbocycles. The molecular formula is C25H34BrN3O4S. The van der Waals surface area contributed by atoms with Crippen molar-refractivity contribution < 1.29 is 17.9 Å². The molecule has 0 radical (unpaired) electrons. The number of anilines is 1. The number of hydrogen-bond donors (Lipinski definition) is 1. The van der Waals surface area contributed by atoms with Crippen molar-refractivity contribution in [3.63, 3.8) is 0 Å². The number of halogens is 1. The summed E-state index contributed by atoms with van der Waals surface area (Å²) in [6.45, 7) is 5.33. The third-order valence-electron chi connectivity index (χ3n) is 5.99. The van der Waals surface area contributed by atoms with Gasteiger partial charge in [0.25, 0.3) is 10.0 Å². The van der Waals surface area contributed by atoms with E-state index in [0.29, 0.717) is 22.5 Å². The molecule has 34 heavy (non-hydrogen) atoms. The van der Waals surface area contributed by atoms with Gasteiger partial charge in [-0.3, -0.25) is 9.10 Å². The lowest BCUT2D eigenvalue weighted by Crippen LogP contribution is -2.41. The zero-order valence-electron chi connectivity index (χ0n) is 19.9. The maximum absolute atomic E-state index is 13.6. The van der Waals surface area contributed by atoms with E-state index in [1.54, 1.807) is 18.2 Å². The molecule has 9 heteroatoms. The number of nitrogens with zero attached hydrogens (tertiary/aromatic N) is 2. The Kier molecular flexibility index (Phi) is 9.79. The summed E-state index contributed by atoms with van der Waals surface area (Å²) in [6, 6.07) is 11.7. The maximum atomic E-state index is 13.6. The molecule has 1 fully saturated rings. The van der Waals surface area contributed by atoms with E-state index < -0.39 is 10.0 Å². The molecule has 1 saturated heterocycles. The Morgan fingerprint density at radius 1 is 1.09 bits per heavy atom. The molecule has 0 saturated carbocycles. The van der Waals surface area contributed by atoms with Crippen LogP contribution in [0.25, 0.3) is 0 Å². The van der Waals surface area contributed by atoms with Gasteiger partial charge >= 0.3 is 0 Å². The largest absolute Gasteiger partial charge is 0.496 e. The van der Waals surface area contributed by atoms with E-state index in [2.05, 4.69) is 26.1 Å². The van der Waals surface area contributed by atoms with E-state index >= 15 is 0 Å². The molecule has 0 unspecified atom stereocenters. The van der Waals surface area contributed by atoms with Gasteiger partial charge in [-0.2, -0.15) is 0 Å². The number of likely N-dealkylation sites (tertiary alicyclic amines) is 1. The molecule has 0 spiro atoms. The molecular weight excluding hydrogens is 518 g/mol. The van der Waals surface area contributed by atoms with Crippen molar-refractivity contribution in [3.05, 3.63) is 52.5 Å². The first-order valence-corrected chi connectivity index (χ1v) is 14.0. The van der Waals surface area contributed by atoms with Gasteiger partial charge in [0.2, 0.25) is 5.91 Å². The number of methoxy groups -OCH3 is 1. The lowest BCUT2D eigenvalue weighted by atomic mass is 10.2. The first kappa shape index (κ1) is 26.5. The maximum Gasteiger partial charge on any atom is 0.264 e. The van der Waals surface area contributed by atoms with Crippen molar-refractivity contribution in [2.24, 2.45) is 0 Å². The van der Waals surface area contributed by atoms with Gasteiger partial charge in [0.1, 0.15) is 12.3 Å². The Hall–Kier alpha value is -2.10. The van der Waals surface area contributed by atoms with Crippen LogP contribution in [-0.2, 0) is 14.8 Å². The Balaban J connectivity index is 1.70. The molecule has 1 heterocycles. The minimum atomic E-state index is -3.98. The number of rotatable bonds is 10. The molecule has 1 aliphatic heterocycles. The lowest BCUT2D eigenvalue weighted by molar-refractivity contribution is -0.119. The highest BCUT2D eigenvalue weighted by Crippen LogP contribution is 2.30. The van der Waals surface area contributed by atoms with Gasteiger partial charge in [-0.1, -0.05) is 30.5 Å². The molecule has 1 N–H and O–H groups in total. The summed E-state index contributed by atoms with van der Waals surface area (Å²) >= 11 is 3.35. The highest BCUT2D eigenvalue weighted by Gasteiger charge is 2.28. The number of sulfonamides is 1. The Morgan fingerprint density at radius 2 is 1.76 bits per heavy atom. The van der Waals surface area contributed by atoms with Crippen LogP contribution in [0.2, 0.25) is 0 Å². The van der Waals surface area contributed by atoms with Crippen molar-refractivity contribution in [2.75, 3.05) is 44.1 Å². The number of amides is 1. The van der Waals surface area contributed by atoms with Crippen molar-refractivity contribution in [3.8, 4) is 5.75 Å². The molecule has 0 aliphatic carbocycles. The SMILES string of the molecule is COc1ccc(S(=O)(=O)N(CC(=O)NCCCN2CCCCCC2)c2ccc(C)cc2)cc1Br. The molecule has 1 amide bonds. The second-order valence-corrected chi connectivity index (χ2v) is 11.3. The van der Waals surface area contributed by atoms with Crippen molar-refractivity contribution in [2.45, 2.75) is 43.9 Å². The smallest absolute Gasteiger partial charge is 0.264 e. The van der Waals surface area contributed by atoms with Crippen LogP contribution in [0.15, 0.2) is 51.8 Å². The molecule has 1 aliphatic rings. The average molecular weight is 553 g/mol. The molecule has 0 bridgehead atoms. The molecule has 0 aromatic heterocycles. The molecule has 0 atom stereocenters. The first-order chi connectivity index (χ1) is 16.3. The highest BCUT2D eigenvalue weighted by molar-refractivity contribution is 9.10. The quantitative estimate of drug-likeness (QED) is 0.444. The van der Waals surface area contributed by atoms with E-state index in [1.165, 1.54) is 44.9 Å². The van der Waals surface area contributed by atoms with Gasteiger partial charge in [-0.15, -0.1) is 0 Å². The fraction of sp³-hybridized carbons (Fsp3) is 0.480. The lowest BCUT2D eigenvalue weighted by Gasteiger charge is -2.25. The second kappa shape index (κ2) is 12.6. The number of nitrogens with one attached hydrogen (secondary N) is 1. The molecule has 7 nitrogen and oxygen atoms in total. The summed E-state index contributed by atoms with van der Waals surface area (Å²) in [4.78, 5) is 15.3. The average Bonchev–Trinajstić information content (AvgIpc) is 3.10. The van der Waals surface area contributed by atoms with Crippen LogP contribution in [0, 0.1) is 6.92 Å². The number of ether oxygens (including phenoxy) is 1. The number of hydrogen-bond acceptors (Lipinski definition) is 5. The summed E-state index contributed by atoms with van der Waals surface area (Å²) < 4.78 is 34.0. The van der Waals surface area contributed by atoms with Crippen LogP contribution in [0.5, 0.6) is 5.75 Å². The summed E-state index contributed by atoms with van der Waals surface area (Å²) in [7, 11) is -2.46. The van der Waals surface area contributed by atoms with Gasteiger partial charge in [-0.05, 0) is 92.1 Å². The standard InChI is InChI=1S/C25H34BrN3O4S/c1-20-8-10-21(11-9-20)29(34(31,32)22-12-13-24(33-2)23(26)18-22)19-25(30)27-14-7-17-28-15-5-3-4-6-16-28/h8-13,18H,3-7,14-17,19H2,1-2H3,(H,27,30). The van der Waals surface area contributed by atoms with E-state index in [1.807, 2.05) is 19.1 Å².